The van der Waals surface area contributed by atoms with E-state index in [0.717, 1.165) is 11.3 Å². The van der Waals surface area contributed by atoms with Gasteiger partial charge in [0.15, 0.2) is 0 Å². The first-order valence-corrected chi connectivity index (χ1v) is 6.73. The Bertz CT molecular complexity index is 644. The van der Waals surface area contributed by atoms with Crippen LogP contribution in [0, 0.1) is 10.1 Å². The fraction of sp³-hybridized carbons (Fsp3) is 0.200. The highest BCUT2D eigenvalue weighted by Gasteiger charge is 2.11. The minimum Gasteiger partial charge on any atom is -0.495 e. The molecule has 6 heteroatoms. The fourth-order valence-electron chi connectivity index (χ4n) is 1.99. The third-order valence-electron chi connectivity index (χ3n) is 3.14. The van der Waals surface area contributed by atoms with Crippen molar-refractivity contribution >= 4 is 23.0 Å². The van der Waals surface area contributed by atoms with Crippen molar-refractivity contribution in [3.63, 3.8) is 0 Å². The number of methoxy groups -OCH3 is 1. The molecule has 0 aromatic heterocycles. The number of nitrogens with zero attached hydrogens (tertiary/aromatic N) is 1. The largest absolute Gasteiger partial charge is 0.495 e. The van der Waals surface area contributed by atoms with Crippen LogP contribution < -0.4 is 10.1 Å². The van der Waals surface area contributed by atoms with Gasteiger partial charge in [-0.05, 0) is 30.7 Å². The zero-order valence-electron chi connectivity index (χ0n) is 11.7. The lowest BCUT2D eigenvalue weighted by atomic mass is 10.1. The molecule has 0 radical (unpaired) electrons. The molecule has 0 bridgehead atoms. The van der Waals surface area contributed by atoms with Crippen molar-refractivity contribution in [3.05, 3.63) is 63.2 Å². The van der Waals surface area contributed by atoms with Gasteiger partial charge >= 0.3 is 0 Å². The number of hydrogen-bond acceptors (Lipinski definition) is 4. The van der Waals surface area contributed by atoms with Crippen LogP contribution >= 0.6 is 11.6 Å². The highest BCUT2D eigenvalue weighted by Crippen LogP contribution is 2.31. The van der Waals surface area contributed by atoms with Gasteiger partial charge in [0.05, 0.1) is 17.7 Å². The average Bonchev–Trinajstić information content (AvgIpc) is 2.47. The highest BCUT2D eigenvalue weighted by molar-refractivity contribution is 6.30. The SMILES string of the molecule is COc1ccc(Cl)cc1NC(C)c1ccc([N+](=O)[O-])cc1. The van der Waals surface area contributed by atoms with Crippen LogP contribution in [0.2, 0.25) is 5.02 Å². The van der Waals surface area contributed by atoms with Crippen LogP contribution in [0.4, 0.5) is 11.4 Å². The van der Waals surface area contributed by atoms with Gasteiger partial charge in [0.2, 0.25) is 0 Å². The maximum absolute atomic E-state index is 10.7. The summed E-state index contributed by atoms with van der Waals surface area (Å²) in [5, 5.41) is 14.5. The number of nitro groups is 1. The topological polar surface area (TPSA) is 64.4 Å². The van der Waals surface area contributed by atoms with Gasteiger partial charge in [-0.2, -0.15) is 0 Å². The van der Waals surface area contributed by atoms with E-state index >= 15 is 0 Å². The number of ether oxygens (including phenoxy) is 1. The molecule has 1 N–H and O–H groups in total. The van der Waals surface area contributed by atoms with Gasteiger partial charge in [-0.15, -0.1) is 0 Å². The Balaban J connectivity index is 2.19. The summed E-state index contributed by atoms with van der Waals surface area (Å²) in [7, 11) is 1.59. The van der Waals surface area contributed by atoms with Gasteiger partial charge in [0.1, 0.15) is 5.75 Å². The lowest BCUT2D eigenvalue weighted by molar-refractivity contribution is -0.384. The summed E-state index contributed by atoms with van der Waals surface area (Å²) >= 11 is 5.99. The van der Waals surface area contributed by atoms with Crippen LogP contribution in [0.25, 0.3) is 0 Å². The van der Waals surface area contributed by atoms with E-state index in [1.54, 1.807) is 37.4 Å². The first-order valence-electron chi connectivity index (χ1n) is 6.35. The molecule has 2 aromatic carbocycles. The van der Waals surface area contributed by atoms with Gasteiger partial charge in [0, 0.05) is 23.2 Å². The molecule has 0 aliphatic heterocycles. The molecule has 2 rings (SSSR count). The van der Waals surface area contributed by atoms with E-state index in [0.29, 0.717) is 10.8 Å². The van der Waals surface area contributed by atoms with Gasteiger partial charge in [-0.1, -0.05) is 23.7 Å². The van der Waals surface area contributed by atoms with Gasteiger partial charge in [0.25, 0.3) is 5.69 Å². The zero-order chi connectivity index (χ0) is 15.4. The molecular formula is C15H15ClN2O3. The van der Waals surface area contributed by atoms with Crippen molar-refractivity contribution in [2.75, 3.05) is 12.4 Å². The molecule has 5 nitrogen and oxygen atoms in total. The summed E-state index contributed by atoms with van der Waals surface area (Å²) in [6.45, 7) is 1.96. The molecule has 0 aliphatic rings. The second-order valence-electron chi connectivity index (χ2n) is 4.56. The van der Waals surface area contributed by atoms with Crippen LogP contribution in [-0.4, -0.2) is 12.0 Å². The average molecular weight is 307 g/mol. The molecule has 110 valence electrons. The van der Waals surface area contributed by atoms with Crippen molar-refractivity contribution < 1.29 is 9.66 Å². The summed E-state index contributed by atoms with van der Waals surface area (Å²) in [5.41, 5.74) is 1.78. The first kappa shape index (κ1) is 15.1. The standard InChI is InChI=1S/C15H15ClN2O3/c1-10(11-3-6-13(7-4-11)18(19)20)17-14-9-12(16)5-8-15(14)21-2/h3-10,17H,1-2H3. The third-order valence-corrected chi connectivity index (χ3v) is 3.37. The molecular weight excluding hydrogens is 292 g/mol. The van der Waals surface area contributed by atoms with Gasteiger partial charge in [-0.25, -0.2) is 0 Å². The van der Waals surface area contributed by atoms with Crippen LogP contribution in [-0.2, 0) is 0 Å². The smallest absolute Gasteiger partial charge is 0.269 e. The quantitative estimate of drug-likeness (QED) is 0.655. The maximum Gasteiger partial charge on any atom is 0.269 e. The summed E-state index contributed by atoms with van der Waals surface area (Å²) < 4.78 is 5.28. The Morgan fingerprint density at radius 1 is 1.24 bits per heavy atom. The van der Waals surface area contributed by atoms with Crippen molar-refractivity contribution in [1.29, 1.82) is 0 Å². The summed E-state index contributed by atoms with van der Waals surface area (Å²) in [5.74, 6) is 0.688. The number of nitro benzene ring substituents is 1. The van der Waals surface area contributed by atoms with E-state index in [4.69, 9.17) is 16.3 Å². The number of anilines is 1. The molecule has 1 atom stereocenters. The number of halogens is 1. The molecule has 2 aromatic rings. The summed E-state index contributed by atoms with van der Waals surface area (Å²) in [4.78, 5) is 10.2. The second kappa shape index (κ2) is 6.45. The number of nitrogens with one attached hydrogen (secondary N) is 1. The second-order valence-corrected chi connectivity index (χ2v) is 5.00. The van der Waals surface area contributed by atoms with Crippen molar-refractivity contribution in [3.8, 4) is 5.75 Å². The molecule has 0 fully saturated rings. The molecule has 0 spiro atoms. The summed E-state index contributed by atoms with van der Waals surface area (Å²) in [6, 6.07) is 11.7. The van der Waals surface area contributed by atoms with Gasteiger partial charge < -0.3 is 10.1 Å². The van der Waals surface area contributed by atoms with Crippen LogP contribution in [0.15, 0.2) is 42.5 Å². The summed E-state index contributed by atoms with van der Waals surface area (Å²) in [6.07, 6.45) is 0. The predicted molar refractivity (Wildman–Crippen MR) is 83.1 cm³/mol. The molecule has 21 heavy (non-hydrogen) atoms. The van der Waals surface area contributed by atoms with E-state index in [-0.39, 0.29) is 11.7 Å². The normalized spacial score (nSPS) is 11.8. The third kappa shape index (κ3) is 3.64. The molecule has 0 amide bonds. The molecule has 0 saturated carbocycles. The molecule has 0 aliphatic carbocycles. The molecule has 0 saturated heterocycles. The van der Waals surface area contributed by atoms with Gasteiger partial charge in [-0.3, -0.25) is 10.1 Å². The molecule has 1 unspecified atom stereocenters. The zero-order valence-corrected chi connectivity index (χ0v) is 12.4. The first-order chi connectivity index (χ1) is 10.0. The minimum absolute atomic E-state index is 0.0434. The van der Waals surface area contributed by atoms with Crippen molar-refractivity contribution in [1.82, 2.24) is 0 Å². The monoisotopic (exact) mass is 306 g/mol. The van der Waals surface area contributed by atoms with Crippen LogP contribution in [0.1, 0.15) is 18.5 Å². The van der Waals surface area contributed by atoms with E-state index in [2.05, 4.69) is 5.32 Å². The Morgan fingerprint density at radius 2 is 1.90 bits per heavy atom. The van der Waals surface area contributed by atoms with Crippen molar-refractivity contribution in [2.45, 2.75) is 13.0 Å². The Labute approximate surface area is 127 Å². The fourth-order valence-corrected chi connectivity index (χ4v) is 2.17. The Kier molecular flexibility index (Phi) is 4.65. The Morgan fingerprint density at radius 3 is 2.48 bits per heavy atom. The highest BCUT2D eigenvalue weighted by atomic mass is 35.5. The maximum atomic E-state index is 10.7. The number of benzene rings is 2. The van der Waals surface area contributed by atoms with Crippen molar-refractivity contribution in [2.24, 2.45) is 0 Å². The van der Waals surface area contributed by atoms with E-state index < -0.39 is 4.92 Å². The lowest BCUT2D eigenvalue weighted by Crippen LogP contribution is -2.07. The number of non-ortho nitro benzene ring substituents is 1. The Hall–Kier alpha value is -2.27. The number of hydrogen-bond donors (Lipinski definition) is 1. The van der Waals surface area contributed by atoms with Crippen LogP contribution in [0.5, 0.6) is 5.75 Å². The lowest BCUT2D eigenvalue weighted by Gasteiger charge is -2.18. The number of rotatable bonds is 5. The predicted octanol–water partition coefficient (Wildman–Crippen LogP) is 4.43. The van der Waals surface area contributed by atoms with Crippen LogP contribution in [0.3, 0.4) is 0 Å². The minimum atomic E-state index is -0.415. The van der Waals surface area contributed by atoms with E-state index in [1.165, 1.54) is 12.1 Å². The molecule has 0 heterocycles. The van der Waals surface area contributed by atoms with E-state index in [9.17, 15) is 10.1 Å². The van der Waals surface area contributed by atoms with E-state index in [1.807, 2.05) is 6.92 Å².